The molecule has 0 bridgehead atoms. The van der Waals surface area contributed by atoms with E-state index in [-0.39, 0.29) is 22.8 Å². The molecule has 1 heterocycles. The van der Waals surface area contributed by atoms with Crippen molar-refractivity contribution in [3.8, 4) is 5.75 Å². The van der Waals surface area contributed by atoms with Gasteiger partial charge in [-0.25, -0.2) is 4.79 Å². The number of esters is 1. The lowest BCUT2D eigenvalue weighted by molar-refractivity contribution is 0.0595. The minimum atomic E-state index is -0.518. The number of benzene rings is 1. The Bertz CT molecular complexity index is 612. The summed E-state index contributed by atoms with van der Waals surface area (Å²) >= 11 is 0. The number of aromatic nitrogens is 1. The predicted molar refractivity (Wildman–Crippen MR) is 61.3 cm³/mol. The SMILES string of the molecule is COC(=O)c1cc2ccc(O)c(C(C)=O)c2[nH]1. The average molecular weight is 233 g/mol. The minimum absolute atomic E-state index is 0.108. The summed E-state index contributed by atoms with van der Waals surface area (Å²) < 4.78 is 4.58. The lowest BCUT2D eigenvalue weighted by Gasteiger charge is -2.01. The number of hydrogen-bond acceptors (Lipinski definition) is 4. The van der Waals surface area contributed by atoms with E-state index in [2.05, 4.69) is 9.72 Å². The van der Waals surface area contributed by atoms with Crippen LogP contribution in [0, 0.1) is 0 Å². The Morgan fingerprint density at radius 1 is 1.35 bits per heavy atom. The molecule has 1 aromatic carbocycles. The van der Waals surface area contributed by atoms with Crippen LogP contribution in [0.2, 0.25) is 0 Å². The first-order chi connectivity index (χ1) is 8.04. The van der Waals surface area contributed by atoms with Crippen LogP contribution in [0.15, 0.2) is 18.2 Å². The Labute approximate surface area is 97.0 Å². The average Bonchev–Trinajstić information content (AvgIpc) is 2.70. The topological polar surface area (TPSA) is 79.4 Å². The summed E-state index contributed by atoms with van der Waals surface area (Å²) in [5.41, 5.74) is 0.867. The van der Waals surface area contributed by atoms with E-state index in [0.29, 0.717) is 10.9 Å². The van der Waals surface area contributed by atoms with Gasteiger partial charge in [0.25, 0.3) is 0 Å². The highest BCUT2D eigenvalue weighted by Gasteiger charge is 2.16. The van der Waals surface area contributed by atoms with Crippen molar-refractivity contribution in [1.82, 2.24) is 4.98 Å². The highest BCUT2D eigenvalue weighted by molar-refractivity contribution is 6.09. The number of carbonyl (C=O) groups is 2. The van der Waals surface area contributed by atoms with Gasteiger partial charge in [-0.3, -0.25) is 4.79 Å². The van der Waals surface area contributed by atoms with E-state index in [0.717, 1.165) is 0 Å². The molecule has 0 saturated carbocycles. The molecule has 0 aliphatic heterocycles. The Kier molecular flexibility index (Phi) is 2.59. The van der Waals surface area contributed by atoms with Crippen LogP contribution in [0.4, 0.5) is 0 Å². The highest BCUT2D eigenvalue weighted by atomic mass is 16.5. The van der Waals surface area contributed by atoms with Gasteiger partial charge in [-0.1, -0.05) is 0 Å². The molecule has 0 amide bonds. The summed E-state index contributed by atoms with van der Waals surface area (Å²) in [5, 5.41) is 10.3. The first kappa shape index (κ1) is 11.2. The van der Waals surface area contributed by atoms with Gasteiger partial charge in [0.15, 0.2) is 5.78 Å². The molecule has 2 aromatic rings. The Balaban J connectivity index is 2.73. The van der Waals surface area contributed by atoms with E-state index in [1.54, 1.807) is 12.1 Å². The van der Waals surface area contributed by atoms with Crippen molar-refractivity contribution in [3.63, 3.8) is 0 Å². The van der Waals surface area contributed by atoms with E-state index >= 15 is 0 Å². The number of aromatic amines is 1. The number of ether oxygens (including phenoxy) is 1. The van der Waals surface area contributed by atoms with Crippen molar-refractivity contribution in [1.29, 1.82) is 0 Å². The van der Waals surface area contributed by atoms with Gasteiger partial charge in [-0.2, -0.15) is 0 Å². The van der Waals surface area contributed by atoms with Gasteiger partial charge in [-0.15, -0.1) is 0 Å². The van der Waals surface area contributed by atoms with Crippen LogP contribution in [0.25, 0.3) is 10.9 Å². The molecule has 2 rings (SSSR count). The molecule has 88 valence electrons. The van der Waals surface area contributed by atoms with Crippen LogP contribution in [0.1, 0.15) is 27.8 Å². The molecule has 0 aliphatic carbocycles. The molecule has 17 heavy (non-hydrogen) atoms. The molecular formula is C12H11NO4. The predicted octanol–water partition coefficient (Wildman–Crippen LogP) is 1.86. The van der Waals surface area contributed by atoms with E-state index in [9.17, 15) is 14.7 Å². The van der Waals surface area contributed by atoms with Gasteiger partial charge < -0.3 is 14.8 Å². The number of nitrogens with one attached hydrogen (secondary N) is 1. The van der Waals surface area contributed by atoms with Crippen LogP contribution >= 0.6 is 0 Å². The van der Waals surface area contributed by atoms with E-state index in [4.69, 9.17) is 0 Å². The number of rotatable bonds is 2. The fourth-order valence-corrected chi connectivity index (χ4v) is 1.77. The normalized spacial score (nSPS) is 10.5. The van der Waals surface area contributed by atoms with Gasteiger partial charge >= 0.3 is 5.97 Å². The third-order valence-corrected chi connectivity index (χ3v) is 2.53. The standard InChI is InChI=1S/C12H11NO4/c1-6(14)10-9(15)4-3-7-5-8(12(16)17-2)13-11(7)10/h3-5,13,15H,1-2H3. The fourth-order valence-electron chi connectivity index (χ4n) is 1.77. The van der Waals surface area contributed by atoms with Gasteiger partial charge in [0.1, 0.15) is 11.4 Å². The third kappa shape index (κ3) is 1.75. The largest absolute Gasteiger partial charge is 0.507 e. The van der Waals surface area contributed by atoms with Crippen molar-refractivity contribution < 1.29 is 19.4 Å². The second-order valence-corrected chi connectivity index (χ2v) is 3.65. The molecule has 0 radical (unpaired) electrons. The van der Waals surface area contributed by atoms with E-state index in [1.807, 2.05) is 0 Å². The number of ketones is 1. The molecule has 0 saturated heterocycles. The molecule has 0 fully saturated rings. The zero-order chi connectivity index (χ0) is 12.6. The Morgan fingerprint density at radius 3 is 2.65 bits per heavy atom. The van der Waals surface area contributed by atoms with Gasteiger partial charge in [0, 0.05) is 5.39 Å². The number of phenolic OH excluding ortho intramolecular Hbond substituents is 1. The highest BCUT2D eigenvalue weighted by Crippen LogP contribution is 2.27. The maximum absolute atomic E-state index is 11.4. The zero-order valence-corrected chi connectivity index (χ0v) is 9.40. The van der Waals surface area contributed by atoms with Crippen LogP contribution in [-0.4, -0.2) is 29.0 Å². The second-order valence-electron chi connectivity index (χ2n) is 3.65. The molecule has 1 aromatic heterocycles. The molecular weight excluding hydrogens is 222 g/mol. The van der Waals surface area contributed by atoms with Gasteiger partial charge in [0.2, 0.25) is 0 Å². The van der Waals surface area contributed by atoms with Crippen LogP contribution < -0.4 is 0 Å². The number of Topliss-reactive ketones (excluding diaryl/α,β-unsaturated/α-hetero) is 1. The van der Waals surface area contributed by atoms with Crippen LogP contribution in [-0.2, 0) is 4.74 Å². The molecule has 0 spiro atoms. The van der Waals surface area contributed by atoms with Crippen LogP contribution in [0.5, 0.6) is 5.75 Å². The Morgan fingerprint density at radius 2 is 2.06 bits per heavy atom. The number of phenols is 1. The maximum Gasteiger partial charge on any atom is 0.354 e. The summed E-state index contributed by atoms with van der Waals surface area (Å²) in [4.78, 5) is 25.6. The molecule has 5 heteroatoms. The van der Waals surface area contributed by atoms with Crippen molar-refractivity contribution in [2.45, 2.75) is 6.92 Å². The fraction of sp³-hybridized carbons (Fsp3) is 0.167. The molecule has 0 unspecified atom stereocenters. The quantitative estimate of drug-likeness (QED) is 0.613. The molecule has 2 N–H and O–H groups in total. The zero-order valence-electron chi connectivity index (χ0n) is 9.40. The number of fused-ring (bicyclic) bond motifs is 1. The molecule has 5 nitrogen and oxygen atoms in total. The molecule has 0 atom stereocenters. The van der Waals surface area contributed by atoms with Crippen molar-refractivity contribution in [2.75, 3.05) is 7.11 Å². The van der Waals surface area contributed by atoms with E-state index < -0.39 is 5.97 Å². The van der Waals surface area contributed by atoms with Crippen molar-refractivity contribution >= 4 is 22.7 Å². The lowest BCUT2D eigenvalue weighted by atomic mass is 10.1. The summed E-state index contributed by atoms with van der Waals surface area (Å²) in [5.74, 6) is -0.898. The number of hydrogen-bond donors (Lipinski definition) is 2. The summed E-state index contributed by atoms with van der Waals surface area (Å²) in [6.07, 6.45) is 0. The molecule has 0 aliphatic rings. The first-order valence-corrected chi connectivity index (χ1v) is 4.98. The smallest absolute Gasteiger partial charge is 0.354 e. The van der Waals surface area contributed by atoms with Gasteiger partial charge in [0.05, 0.1) is 18.2 Å². The Hall–Kier alpha value is -2.30. The van der Waals surface area contributed by atoms with Crippen molar-refractivity contribution in [2.24, 2.45) is 0 Å². The van der Waals surface area contributed by atoms with Gasteiger partial charge in [-0.05, 0) is 25.1 Å². The summed E-state index contributed by atoms with van der Waals surface area (Å²) in [7, 11) is 1.27. The van der Waals surface area contributed by atoms with Crippen LogP contribution in [0.3, 0.4) is 0 Å². The third-order valence-electron chi connectivity index (χ3n) is 2.53. The maximum atomic E-state index is 11.4. The number of aromatic hydroxyl groups is 1. The second kappa shape index (κ2) is 3.93. The number of carbonyl (C=O) groups excluding carboxylic acids is 2. The first-order valence-electron chi connectivity index (χ1n) is 4.98. The summed E-state index contributed by atoms with van der Waals surface area (Å²) in [6.45, 7) is 1.35. The monoisotopic (exact) mass is 233 g/mol. The lowest BCUT2D eigenvalue weighted by Crippen LogP contribution is -2.01. The summed E-state index contributed by atoms with van der Waals surface area (Å²) in [6, 6.07) is 4.63. The van der Waals surface area contributed by atoms with Crippen molar-refractivity contribution in [3.05, 3.63) is 29.5 Å². The van der Waals surface area contributed by atoms with E-state index in [1.165, 1.54) is 20.1 Å². The number of H-pyrrole nitrogens is 1. The number of methoxy groups -OCH3 is 1. The minimum Gasteiger partial charge on any atom is -0.507 e.